The molecule has 1 heterocycles. The van der Waals surface area contributed by atoms with Crippen LogP contribution in [-0.4, -0.2) is 28.6 Å². The summed E-state index contributed by atoms with van der Waals surface area (Å²) in [5.74, 6) is 1.05. The van der Waals surface area contributed by atoms with E-state index in [1.54, 1.807) is 0 Å². The molecule has 0 saturated carbocycles. The van der Waals surface area contributed by atoms with Gasteiger partial charge in [0, 0.05) is 22.4 Å². The number of para-hydroxylation sites is 1. The minimum Gasteiger partial charge on any atom is -0.490 e. The Morgan fingerprint density at radius 2 is 1.29 bits per heavy atom. The van der Waals surface area contributed by atoms with E-state index >= 15 is 0 Å². The van der Waals surface area contributed by atoms with E-state index in [9.17, 15) is 10.4 Å². The summed E-state index contributed by atoms with van der Waals surface area (Å²) in [5.41, 5.74) is 6.07. The summed E-state index contributed by atoms with van der Waals surface area (Å²) in [7, 11) is 0. The standard InChI is InChI=1S/C33H26N2O2S/c34-21-30-29(25-14-6-2-7-15-25)20-31(26-16-8-3-9-17-26)35-33(30)38-23-27(36)22-37-32-19-11-10-18-28(32)24-12-4-1-5-13-24/h1-20,27,36H,22-23H2/t27-/m0/s1. The lowest BCUT2D eigenvalue weighted by atomic mass is 9.99. The summed E-state index contributed by atoms with van der Waals surface area (Å²) >= 11 is 1.37. The maximum Gasteiger partial charge on any atom is 0.127 e. The molecule has 0 amide bonds. The van der Waals surface area contributed by atoms with Crippen molar-refractivity contribution in [1.82, 2.24) is 4.98 Å². The van der Waals surface area contributed by atoms with E-state index in [0.717, 1.165) is 39.3 Å². The van der Waals surface area contributed by atoms with Gasteiger partial charge in [0.25, 0.3) is 0 Å². The van der Waals surface area contributed by atoms with Crippen LogP contribution in [0.5, 0.6) is 5.75 Å². The summed E-state index contributed by atoms with van der Waals surface area (Å²) in [6.45, 7) is 0.128. The van der Waals surface area contributed by atoms with Crippen molar-refractivity contribution in [3.8, 4) is 45.3 Å². The number of aliphatic hydroxyl groups excluding tert-OH is 1. The molecule has 1 N–H and O–H groups in total. The molecule has 38 heavy (non-hydrogen) atoms. The number of ether oxygens (including phenoxy) is 1. The highest BCUT2D eigenvalue weighted by molar-refractivity contribution is 7.99. The molecule has 0 unspecified atom stereocenters. The number of nitriles is 1. The van der Waals surface area contributed by atoms with Gasteiger partial charge in [-0.05, 0) is 23.3 Å². The third-order valence-corrected chi connectivity index (χ3v) is 7.19. The molecule has 0 fully saturated rings. The number of rotatable bonds is 9. The van der Waals surface area contributed by atoms with Gasteiger partial charge in [-0.15, -0.1) is 11.8 Å². The summed E-state index contributed by atoms with van der Waals surface area (Å²) in [6.07, 6.45) is -0.752. The van der Waals surface area contributed by atoms with Gasteiger partial charge in [-0.3, -0.25) is 0 Å². The average molecular weight is 515 g/mol. The Morgan fingerprint density at radius 3 is 1.92 bits per heavy atom. The molecule has 0 saturated heterocycles. The smallest absolute Gasteiger partial charge is 0.127 e. The molecule has 5 heteroatoms. The first-order valence-electron chi connectivity index (χ1n) is 12.4. The predicted octanol–water partition coefficient (Wildman–Crippen LogP) is 7.49. The van der Waals surface area contributed by atoms with Gasteiger partial charge < -0.3 is 9.84 Å². The molecule has 0 bridgehead atoms. The van der Waals surface area contributed by atoms with Gasteiger partial charge >= 0.3 is 0 Å². The van der Waals surface area contributed by atoms with Crippen molar-refractivity contribution in [2.24, 2.45) is 0 Å². The van der Waals surface area contributed by atoms with Crippen molar-refractivity contribution in [3.05, 3.63) is 127 Å². The molecule has 0 radical (unpaired) electrons. The second-order valence-electron chi connectivity index (χ2n) is 8.72. The fourth-order valence-corrected chi connectivity index (χ4v) is 5.10. The van der Waals surface area contributed by atoms with Crippen LogP contribution >= 0.6 is 11.8 Å². The van der Waals surface area contributed by atoms with Gasteiger partial charge in [-0.25, -0.2) is 4.98 Å². The first-order chi connectivity index (χ1) is 18.7. The third kappa shape index (κ3) is 5.95. The van der Waals surface area contributed by atoms with Gasteiger partial charge in [0.15, 0.2) is 0 Å². The predicted molar refractivity (Wildman–Crippen MR) is 154 cm³/mol. The number of aliphatic hydroxyl groups is 1. The van der Waals surface area contributed by atoms with E-state index in [0.29, 0.717) is 16.3 Å². The molecule has 4 aromatic carbocycles. The second kappa shape index (κ2) is 12.2. The maximum atomic E-state index is 10.8. The van der Waals surface area contributed by atoms with E-state index < -0.39 is 6.10 Å². The van der Waals surface area contributed by atoms with Crippen LogP contribution in [0.2, 0.25) is 0 Å². The molecule has 4 nitrogen and oxygen atoms in total. The number of pyridine rings is 1. The molecule has 1 aromatic heterocycles. The largest absolute Gasteiger partial charge is 0.490 e. The van der Waals surface area contributed by atoms with E-state index in [1.807, 2.05) is 121 Å². The lowest BCUT2D eigenvalue weighted by molar-refractivity contribution is 0.126. The van der Waals surface area contributed by atoms with Crippen molar-refractivity contribution in [2.45, 2.75) is 11.1 Å². The lowest BCUT2D eigenvalue weighted by Crippen LogP contribution is -2.20. The van der Waals surface area contributed by atoms with Crippen molar-refractivity contribution in [3.63, 3.8) is 0 Å². The lowest BCUT2D eigenvalue weighted by Gasteiger charge is -2.16. The number of aromatic nitrogens is 1. The van der Waals surface area contributed by atoms with Gasteiger partial charge in [0.1, 0.15) is 23.5 Å². The fourth-order valence-electron chi connectivity index (χ4n) is 4.19. The maximum absolute atomic E-state index is 10.8. The zero-order chi connectivity index (χ0) is 26.2. The van der Waals surface area contributed by atoms with Crippen LogP contribution in [0.15, 0.2) is 126 Å². The fraction of sp³-hybridized carbons (Fsp3) is 0.0909. The minimum atomic E-state index is -0.752. The van der Waals surface area contributed by atoms with Gasteiger partial charge in [0.2, 0.25) is 0 Å². The van der Waals surface area contributed by atoms with Crippen molar-refractivity contribution in [2.75, 3.05) is 12.4 Å². The summed E-state index contributed by atoms with van der Waals surface area (Å²) in [6, 6.07) is 41.9. The zero-order valence-corrected chi connectivity index (χ0v) is 21.5. The Balaban J connectivity index is 1.36. The molecule has 0 aliphatic rings. The molecule has 0 aliphatic heterocycles. The molecule has 5 aromatic rings. The molecule has 186 valence electrons. The van der Waals surface area contributed by atoms with Crippen LogP contribution in [0.25, 0.3) is 33.5 Å². The molecular weight excluding hydrogens is 488 g/mol. The number of benzene rings is 4. The monoisotopic (exact) mass is 514 g/mol. The number of nitrogens with zero attached hydrogens (tertiary/aromatic N) is 2. The van der Waals surface area contributed by atoms with Crippen molar-refractivity contribution >= 4 is 11.8 Å². The van der Waals surface area contributed by atoms with Crippen molar-refractivity contribution < 1.29 is 9.84 Å². The first kappa shape index (κ1) is 25.3. The number of hydrogen-bond acceptors (Lipinski definition) is 5. The Hall–Kier alpha value is -4.37. The minimum absolute atomic E-state index is 0.128. The van der Waals surface area contributed by atoms with Crippen LogP contribution in [0.4, 0.5) is 0 Å². The highest BCUT2D eigenvalue weighted by Gasteiger charge is 2.18. The Labute approximate surface area is 227 Å². The van der Waals surface area contributed by atoms with Crippen LogP contribution in [-0.2, 0) is 0 Å². The zero-order valence-electron chi connectivity index (χ0n) is 20.7. The molecular formula is C33H26N2O2S. The Morgan fingerprint density at radius 1 is 0.737 bits per heavy atom. The molecule has 0 aliphatic carbocycles. The highest BCUT2D eigenvalue weighted by atomic mass is 32.2. The van der Waals surface area contributed by atoms with Crippen LogP contribution in [0.1, 0.15) is 5.56 Å². The SMILES string of the molecule is N#Cc1c(-c2ccccc2)cc(-c2ccccc2)nc1SC[C@@H](O)COc1ccccc1-c1ccccc1. The Kier molecular flexibility index (Phi) is 8.15. The quantitative estimate of drug-likeness (QED) is 0.207. The first-order valence-corrected chi connectivity index (χ1v) is 13.4. The van der Waals surface area contributed by atoms with Crippen LogP contribution in [0, 0.1) is 11.3 Å². The highest BCUT2D eigenvalue weighted by Crippen LogP contribution is 2.35. The van der Waals surface area contributed by atoms with Gasteiger partial charge in [0.05, 0.1) is 17.4 Å². The van der Waals surface area contributed by atoms with E-state index in [2.05, 4.69) is 6.07 Å². The topological polar surface area (TPSA) is 66.1 Å². The van der Waals surface area contributed by atoms with Crippen LogP contribution in [0.3, 0.4) is 0 Å². The van der Waals surface area contributed by atoms with E-state index in [4.69, 9.17) is 9.72 Å². The normalized spacial score (nSPS) is 11.5. The van der Waals surface area contributed by atoms with Gasteiger partial charge in [-0.2, -0.15) is 5.26 Å². The van der Waals surface area contributed by atoms with E-state index in [-0.39, 0.29) is 6.61 Å². The third-order valence-electron chi connectivity index (χ3n) is 6.07. The second-order valence-corrected chi connectivity index (χ2v) is 9.73. The number of hydrogen-bond donors (Lipinski definition) is 1. The summed E-state index contributed by atoms with van der Waals surface area (Å²) < 4.78 is 6.04. The molecule has 1 atom stereocenters. The average Bonchev–Trinajstić information content (AvgIpc) is 3.00. The molecule has 0 spiro atoms. The summed E-state index contributed by atoms with van der Waals surface area (Å²) in [4.78, 5) is 4.83. The Bertz CT molecular complexity index is 1530. The van der Waals surface area contributed by atoms with E-state index in [1.165, 1.54) is 11.8 Å². The van der Waals surface area contributed by atoms with Crippen LogP contribution < -0.4 is 4.74 Å². The summed E-state index contributed by atoms with van der Waals surface area (Å²) in [5, 5.41) is 21.5. The van der Waals surface area contributed by atoms with Gasteiger partial charge in [-0.1, -0.05) is 109 Å². The van der Waals surface area contributed by atoms with Crippen molar-refractivity contribution in [1.29, 1.82) is 5.26 Å². The molecule has 5 rings (SSSR count). The number of thioether (sulfide) groups is 1.